The van der Waals surface area contributed by atoms with Gasteiger partial charge >= 0.3 is 5.97 Å². The molecule has 208 valence electrons. The number of likely N-dealkylation sites (tertiary alicyclic amines) is 1. The number of nitrogens with zero attached hydrogens (tertiary/aromatic N) is 2. The van der Waals surface area contributed by atoms with Crippen molar-refractivity contribution in [3.05, 3.63) is 65.7 Å². The third-order valence-corrected chi connectivity index (χ3v) is 8.00. The van der Waals surface area contributed by atoms with Gasteiger partial charge in [0.05, 0.1) is 13.0 Å². The smallest absolute Gasteiger partial charge is 0.308 e. The highest BCUT2D eigenvalue weighted by atomic mass is 35.5. The molecule has 7 heteroatoms. The summed E-state index contributed by atoms with van der Waals surface area (Å²) in [7, 11) is 1.48. The fourth-order valence-corrected chi connectivity index (χ4v) is 5.75. The Morgan fingerprint density at radius 2 is 1.61 bits per heavy atom. The molecule has 1 amide bonds. The summed E-state index contributed by atoms with van der Waals surface area (Å²) in [6.45, 7) is 3.20. The minimum Gasteiger partial charge on any atom is -0.469 e. The van der Waals surface area contributed by atoms with Crippen molar-refractivity contribution >= 4 is 40.8 Å². The number of carbonyl (C=O) groups is 2. The predicted octanol–water partition coefficient (Wildman–Crippen LogP) is 6.81. The van der Waals surface area contributed by atoms with E-state index in [4.69, 9.17) is 27.9 Å². The predicted molar refractivity (Wildman–Crippen MR) is 157 cm³/mol. The van der Waals surface area contributed by atoms with E-state index in [-0.39, 0.29) is 17.8 Å². The van der Waals surface area contributed by atoms with E-state index >= 15 is 0 Å². The number of anilines is 1. The van der Waals surface area contributed by atoms with Crippen LogP contribution in [0.3, 0.4) is 0 Å². The van der Waals surface area contributed by atoms with Gasteiger partial charge in [-0.25, -0.2) is 0 Å². The molecule has 1 fully saturated rings. The van der Waals surface area contributed by atoms with Crippen LogP contribution < -0.4 is 4.90 Å². The van der Waals surface area contributed by atoms with Crippen molar-refractivity contribution in [2.75, 3.05) is 49.9 Å². The first kappa shape index (κ1) is 30.3. The number of rotatable bonds is 15. The van der Waals surface area contributed by atoms with Gasteiger partial charge in [-0.05, 0) is 67.9 Å². The number of unbranched alkanes of at least 4 members (excludes halogenated alkanes) is 1. The highest BCUT2D eigenvalue weighted by Crippen LogP contribution is 2.26. The number of methoxy groups -OCH3 is 1. The summed E-state index contributed by atoms with van der Waals surface area (Å²) in [5.74, 6) is 1.74. The molecule has 38 heavy (non-hydrogen) atoms. The molecule has 0 bridgehead atoms. The standard InChI is InChI=1S/C31H42Cl2N2O3/c1-38-31(37)28(14-11-26-12-15-29(16-13-26)34(23-19-32)24-20-33)10-6-5-7-25-17-21-35(22-18-25)30(36)27-8-3-2-4-9-27/h2-4,8-9,12-13,15-16,25,28H,5-7,10-11,14,17-24H2,1H3. The molecule has 1 heterocycles. The van der Waals surface area contributed by atoms with Gasteiger partial charge in [0.1, 0.15) is 0 Å². The van der Waals surface area contributed by atoms with Crippen LogP contribution in [0.25, 0.3) is 0 Å². The van der Waals surface area contributed by atoms with Gasteiger partial charge < -0.3 is 14.5 Å². The average Bonchev–Trinajstić information content (AvgIpc) is 2.97. The molecule has 3 rings (SSSR count). The monoisotopic (exact) mass is 560 g/mol. The lowest BCUT2D eigenvalue weighted by molar-refractivity contribution is -0.146. The Labute approximate surface area is 238 Å². The molecule has 0 radical (unpaired) electrons. The van der Waals surface area contributed by atoms with Gasteiger partial charge in [-0.2, -0.15) is 0 Å². The SMILES string of the molecule is COC(=O)C(CCCCC1CCN(C(=O)c2ccccc2)CC1)CCc1ccc(N(CCCl)CCCl)cc1. The summed E-state index contributed by atoms with van der Waals surface area (Å²) in [6, 6.07) is 18.0. The summed E-state index contributed by atoms with van der Waals surface area (Å²) in [4.78, 5) is 29.3. The Morgan fingerprint density at radius 3 is 2.21 bits per heavy atom. The molecule has 1 aliphatic heterocycles. The highest BCUT2D eigenvalue weighted by Gasteiger charge is 2.24. The molecule has 0 N–H and O–H groups in total. The zero-order valence-corrected chi connectivity index (χ0v) is 24.1. The van der Waals surface area contributed by atoms with Gasteiger partial charge in [0.15, 0.2) is 0 Å². The number of amides is 1. The molecule has 0 aliphatic carbocycles. The van der Waals surface area contributed by atoms with E-state index in [2.05, 4.69) is 29.2 Å². The lowest BCUT2D eigenvalue weighted by Gasteiger charge is -2.32. The Morgan fingerprint density at radius 1 is 0.947 bits per heavy atom. The van der Waals surface area contributed by atoms with Gasteiger partial charge in [0.25, 0.3) is 5.91 Å². The van der Waals surface area contributed by atoms with Crippen molar-refractivity contribution in [1.82, 2.24) is 4.90 Å². The first-order valence-electron chi connectivity index (χ1n) is 13.9. The van der Waals surface area contributed by atoms with Crippen molar-refractivity contribution in [1.29, 1.82) is 0 Å². The van der Waals surface area contributed by atoms with E-state index < -0.39 is 0 Å². The molecular weight excluding hydrogens is 519 g/mol. The fourth-order valence-electron chi connectivity index (χ4n) is 5.35. The van der Waals surface area contributed by atoms with E-state index in [0.717, 1.165) is 88.8 Å². The largest absolute Gasteiger partial charge is 0.469 e. The summed E-state index contributed by atoms with van der Waals surface area (Å²) < 4.78 is 5.11. The fraction of sp³-hybridized carbons (Fsp3) is 0.548. The van der Waals surface area contributed by atoms with E-state index in [1.165, 1.54) is 12.7 Å². The quantitative estimate of drug-likeness (QED) is 0.136. The number of carbonyl (C=O) groups excluding carboxylic acids is 2. The second-order valence-electron chi connectivity index (χ2n) is 10.2. The van der Waals surface area contributed by atoms with Crippen LogP contribution in [-0.4, -0.2) is 61.8 Å². The van der Waals surface area contributed by atoms with Crippen molar-refractivity contribution in [2.24, 2.45) is 11.8 Å². The van der Waals surface area contributed by atoms with E-state index in [0.29, 0.717) is 17.7 Å². The maximum absolute atomic E-state index is 12.7. The van der Waals surface area contributed by atoms with Crippen LogP contribution in [0.5, 0.6) is 0 Å². The first-order chi connectivity index (χ1) is 18.5. The second-order valence-corrected chi connectivity index (χ2v) is 10.9. The maximum Gasteiger partial charge on any atom is 0.308 e. The van der Waals surface area contributed by atoms with Crippen LogP contribution in [0, 0.1) is 11.8 Å². The number of aryl methyl sites for hydroxylation is 1. The maximum atomic E-state index is 12.7. The molecule has 0 aromatic heterocycles. The number of alkyl halides is 2. The first-order valence-corrected chi connectivity index (χ1v) is 15.0. The molecule has 0 spiro atoms. The Hall–Kier alpha value is -2.24. The highest BCUT2D eigenvalue weighted by molar-refractivity contribution is 6.18. The molecule has 2 aromatic rings. The molecule has 5 nitrogen and oxygen atoms in total. The van der Waals surface area contributed by atoms with E-state index in [1.807, 2.05) is 35.2 Å². The topological polar surface area (TPSA) is 49.9 Å². The summed E-state index contributed by atoms with van der Waals surface area (Å²) in [6.07, 6.45) is 7.89. The van der Waals surface area contributed by atoms with Gasteiger partial charge in [0.2, 0.25) is 0 Å². The summed E-state index contributed by atoms with van der Waals surface area (Å²) in [5.41, 5.74) is 3.11. The average molecular weight is 562 g/mol. The van der Waals surface area contributed by atoms with Gasteiger partial charge in [-0.1, -0.05) is 49.6 Å². The normalized spacial score (nSPS) is 14.8. The molecule has 1 atom stereocenters. The van der Waals surface area contributed by atoms with Crippen molar-refractivity contribution in [3.8, 4) is 0 Å². The third kappa shape index (κ3) is 9.50. The van der Waals surface area contributed by atoms with Crippen LogP contribution in [0.1, 0.15) is 60.9 Å². The molecular formula is C31H42Cl2N2O3. The molecule has 1 unspecified atom stereocenters. The minimum absolute atomic E-state index is 0.0750. The van der Waals surface area contributed by atoms with Gasteiger partial charge in [0, 0.05) is 49.2 Å². The number of hydrogen-bond acceptors (Lipinski definition) is 4. The van der Waals surface area contributed by atoms with Crippen LogP contribution in [0.4, 0.5) is 5.69 Å². The van der Waals surface area contributed by atoms with Crippen molar-refractivity contribution < 1.29 is 14.3 Å². The number of piperidine rings is 1. The Kier molecular flexibility index (Phi) is 13.3. The molecule has 2 aromatic carbocycles. The zero-order valence-electron chi connectivity index (χ0n) is 22.6. The van der Waals surface area contributed by atoms with Gasteiger partial charge in [-0.15, -0.1) is 23.2 Å². The van der Waals surface area contributed by atoms with Crippen molar-refractivity contribution in [2.45, 2.75) is 51.4 Å². The summed E-state index contributed by atoms with van der Waals surface area (Å²) in [5, 5.41) is 0. The van der Waals surface area contributed by atoms with Crippen LogP contribution >= 0.6 is 23.2 Å². The number of halogens is 2. The van der Waals surface area contributed by atoms with Crippen LogP contribution in [-0.2, 0) is 16.0 Å². The van der Waals surface area contributed by atoms with Crippen LogP contribution in [0.2, 0.25) is 0 Å². The van der Waals surface area contributed by atoms with E-state index in [9.17, 15) is 9.59 Å². The van der Waals surface area contributed by atoms with Crippen LogP contribution in [0.15, 0.2) is 54.6 Å². The van der Waals surface area contributed by atoms with Crippen molar-refractivity contribution in [3.63, 3.8) is 0 Å². The van der Waals surface area contributed by atoms with E-state index in [1.54, 1.807) is 0 Å². The summed E-state index contributed by atoms with van der Waals surface area (Å²) >= 11 is 11.9. The number of esters is 1. The third-order valence-electron chi connectivity index (χ3n) is 7.66. The lowest BCUT2D eigenvalue weighted by atomic mass is 9.89. The number of benzene rings is 2. The Balaban J connectivity index is 1.38. The number of hydrogen-bond donors (Lipinski definition) is 0. The lowest BCUT2D eigenvalue weighted by Crippen LogP contribution is -2.38. The Bertz CT molecular complexity index is 957. The molecule has 1 saturated heterocycles. The molecule has 0 saturated carbocycles. The number of ether oxygens (including phenoxy) is 1. The zero-order chi connectivity index (χ0) is 27.2. The minimum atomic E-state index is -0.107. The van der Waals surface area contributed by atoms with Gasteiger partial charge in [-0.3, -0.25) is 9.59 Å². The second kappa shape index (κ2) is 16.7. The molecule has 1 aliphatic rings.